The highest BCUT2D eigenvalue weighted by Crippen LogP contribution is 2.16. The van der Waals surface area contributed by atoms with Crippen LogP contribution in [-0.2, 0) is 0 Å². The number of aliphatic hydroxyl groups is 2. The number of hydrogen-bond donors (Lipinski definition) is 4. The molecule has 0 saturated carbocycles. The molecule has 1 heterocycles. The summed E-state index contributed by atoms with van der Waals surface area (Å²) in [5.41, 5.74) is 0.333. The van der Waals surface area contributed by atoms with Gasteiger partial charge < -0.3 is 30.5 Å². The van der Waals surface area contributed by atoms with Crippen LogP contribution in [0.5, 0.6) is 0 Å². The molecule has 10 heteroatoms. The third-order valence-electron chi connectivity index (χ3n) is 4.68. The van der Waals surface area contributed by atoms with Gasteiger partial charge in [0.05, 0.1) is 26.2 Å². The first-order valence-corrected chi connectivity index (χ1v) is 10.1. The van der Waals surface area contributed by atoms with Gasteiger partial charge in [-0.05, 0) is 18.6 Å². The smallest absolute Gasteiger partial charge is 0.404 e. The highest BCUT2D eigenvalue weighted by molar-refractivity contribution is 5.94. The van der Waals surface area contributed by atoms with Crippen LogP contribution < -0.4 is 15.3 Å². The molecule has 1 aromatic carbocycles. The van der Waals surface area contributed by atoms with Crippen molar-refractivity contribution in [2.24, 2.45) is 0 Å². The highest BCUT2D eigenvalue weighted by Gasteiger charge is 2.28. The molecule has 0 radical (unpaired) electrons. The fourth-order valence-electron chi connectivity index (χ4n) is 2.89. The summed E-state index contributed by atoms with van der Waals surface area (Å²) in [5.74, 6) is -1.02. The van der Waals surface area contributed by atoms with E-state index in [1.165, 1.54) is 14.1 Å². The summed E-state index contributed by atoms with van der Waals surface area (Å²) < 4.78 is 4.07. The number of quaternary nitrogens is 1. The lowest BCUT2D eigenvalue weighted by molar-refractivity contribution is -0.00401. The lowest BCUT2D eigenvalue weighted by Crippen LogP contribution is -2.51. The van der Waals surface area contributed by atoms with Crippen molar-refractivity contribution in [3.05, 3.63) is 53.1 Å². The van der Waals surface area contributed by atoms with Crippen LogP contribution in [-0.4, -0.2) is 65.9 Å². The number of oxazole rings is 1. The zero-order valence-corrected chi connectivity index (χ0v) is 17.9. The summed E-state index contributed by atoms with van der Waals surface area (Å²) in [4.78, 5) is 28.5. The quantitative estimate of drug-likeness (QED) is 0.307. The molecule has 1 aromatic heterocycles. The summed E-state index contributed by atoms with van der Waals surface area (Å²) in [7, 11) is 2.60. The molecule has 170 valence electrons. The van der Waals surface area contributed by atoms with Crippen molar-refractivity contribution in [2.75, 3.05) is 20.6 Å². The maximum absolute atomic E-state index is 12.5. The monoisotopic (exact) mass is 434 g/mol. The van der Waals surface area contributed by atoms with Gasteiger partial charge in [0.2, 0.25) is 0 Å². The van der Waals surface area contributed by atoms with Crippen LogP contribution in [0.3, 0.4) is 0 Å². The molecule has 0 spiro atoms. The number of benzene rings is 1. The van der Waals surface area contributed by atoms with Crippen molar-refractivity contribution < 1.29 is 24.2 Å². The van der Waals surface area contributed by atoms with E-state index in [-0.39, 0.29) is 24.2 Å². The van der Waals surface area contributed by atoms with E-state index < -0.39 is 28.8 Å². The standard InChI is InChI=1S/C21H30N4O6/c1-4-5-11-15(23-19(28)14-9-7-6-8-10-14)18(27)17(26)12-22-20(29)16-13-31-21(24-16)25(2,3)30/h6-10,13,15,17-18,26-27H,4-5,11-12H2,1-3H3,(H,22,29)(H,23,28). The molecule has 3 atom stereocenters. The Kier molecular flexibility index (Phi) is 8.69. The van der Waals surface area contributed by atoms with Crippen molar-refractivity contribution in [3.8, 4) is 0 Å². The fourth-order valence-corrected chi connectivity index (χ4v) is 2.89. The minimum absolute atomic E-state index is 0.112. The summed E-state index contributed by atoms with van der Waals surface area (Å²) in [5, 5.41) is 38.0. The Morgan fingerprint density at radius 1 is 1.19 bits per heavy atom. The molecule has 0 aliphatic carbocycles. The Bertz CT molecular complexity index is 849. The first-order valence-electron chi connectivity index (χ1n) is 10.1. The SMILES string of the molecule is CCCCC(NC(=O)c1ccccc1)C(O)C(O)CNC(=O)c1coc([N+](C)(C)[O-])n1. The van der Waals surface area contributed by atoms with Crippen molar-refractivity contribution in [2.45, 2.75) is 44.4 Å². The molecule has 0 aliphatic heterocycles. The van der Waals surface area contributed by atoms with Gasteiger partial charge in [-0.2, -0.15) is 4.98 Å². The summed E-state index contributed by atoms with van der Waals surface area (Å²) in [6.45, 7) is 1.70. The average Bonchev–Trinajstić information content (AvgIpc) is 3.25. The number of nitrogens with one attached hydrogen (secondary N) is 2. The van der Waals surface area contributed by atoms with Gasteiger partial charge in [0.25, 0.3) is 11.8 Å². The van der Waals surface area contributed by atoms with E-state index in [0.717, 1.165) is 19.1 Å². The van der Waals surface area contributed by atoms with Crippen LogP contribution in [0.1, 0.15) is 47.0 Å². The zero-order chi connectivity index (χ0) is 23.0. The van der Waals surface area contributed by atoms with Crippen molar-refractivity contribution in [1.29, 1.82) is 0 Å². The average molecular weight is 434 g/mol. The molecule has 0 saturated heterocycles. The van der Waals surface area contributed by atoms with Crippen LogP contribution >= 0.6 is 0 Å². The number of aliphatic hydroxyl groups excluding tert-OH is 2. The van der Waals surface area contributed by atoms with E-state index in [0.29, 0.717) is 12.0 Å². The van der Waals surface area contributed by atoms with Crippen LogP contribution in [0.15, 0.2) is 41.0 Å². The number of carbonyl (C=O) groups excluding carboxylic acids is 2. The molecular formula is C21H30N4O6. The number of carbonyl (C=O) groups is 2. The summed E-state index contributed by atoms with van der Waals surface area (Å²) in [6.07, 6.45) is 0.464. The molecule has 3 unspecified atom stereocenters. The van der Waals surface area contributed by atoms with E-state index in [1.54, 1.807) is 30.3 Å². The largest absolute Gasteiger partial charge is 0.624 e. The van der Waals surface area contributed by atoms with Gasteiger partial charge in [-0.3, -0.25) is 14.2 Å². The number of amides is 2. The van der Waals surface area contributed by atoms with Crippen molar-refractivity contribution in [1.82, 2.24) is 20.3 Å². The number of unbranched alkanes of at least 4 members (excludes halogenated alkanes) is 1. The minimum Gasteiger partial charge on any atom is -0.624 e. The Morgan fingerprint density at radius 3 is 2.45 bits per heavy atom. The van der Waals surface area contributed by atoms with Gasteiger partial charge in [-0.25, -0.2) is 0 Å². The Hall–Kier alpha value is -2.79. The lowest BCUT2D eigenvalue weighted by Gasteiger charge is -2.28. The number of nitrogens with zero attached hydrogens (tertiary/aromatic N) is 2. The van der Waals surface area contributed by atoms with E-state index in [1.807, 2.05) is 6.92 Å². The first kappa shape index (κ1) is 24.5. The second-order valence-electron chi connectivity index (χ2n) is 7.72. The molecule has 31 heavy (non-hydrogen) atoms. The number of hydrogen-bond acceptors (Lipinski definition) is 7. The van der Waals surface area contributed by atoms with E-state index in [9.17, 15) is 25.0 Å². The normalized spacial score (nSPS) is 14.5. The van der Waals surface area contributed by atoms with Gasteiger partial charge in [0.15, 0.2) is 5.69 Å². The highest BCUT2D eigenvalue weighted by atomic mass is 16.6. The van der Waals surface area contributed by atoms with Crippen molar-refractivity contribution in [3.63, 3.8) is 0 Å². The maximum Gasteiger partial charge on any atom is 0.404 e. The van der Waals surface area contributed by atoms with Crippen LogP contribution in [0.2, 0.25) is 0 Å². The van der Waals surface area contributed by atoms with Gasteiger partial charge in [0.1, 0.15) is 12.4 Å². The Morgan fingerprint density at radius 2 is 1.87 bits per heavy atom. The second kappa shape index (κ2) is 11.0. The van der Waals surface area contributed by atoms with Crippen LogP contribution in [0.25, 0.3) is 0 Å². The molecule has 4 N–H and O–H groups in total. The summed E-state index contributed by atoms with van der Waals surface area (Å²) >= 11 is 0. The van der Waals surface area contributed by atoms with Crippen LogP contribution in [0, 0.1) is 5.21 Å². The number of rotatable bonds is 11. The molecule has 0 aliphatic rings. The Labute approximate surface area is 181 Å². The molecule has 2 amide bonds. The zero-order valence-electron chi connectivity index (χ0n) is 17.9. The van der Waals surface area contributed by atoms with E-state index in [2.05, 4.69) is 15.6 Å². The van der Waals surface area contributed by atoms with Crippen LogP contribution in [0.4, 0.5) is 6.01 Å². The first-order chi connectivity index (χ1) is 14.6. The Balaban J connectivity index is 1.96. The van der Waals surface area contributed by atoms with Gasteiger partial charge >= 0.3 is 6.01 Å². The summed E-state index contributed by atoms with van der Waals surface area (Å²) in [6, 6.07) is 7.69. The third-order valence-corrected chi connectivity index (χ3v) is 4.68. The molecule has 2 aromatic rings. The molecule has 2 rings (SSSR count). The predicted molar refractivity (Wildman–Crippen MR) is 115 cm³/mol. The molecule has 10 nitrogen and oxygen atoms in total. The number of hydroxylamine groups is 2. The van der Waals surface area contributed by atoms with Gasteiger partial charge in [-0.1, -0.05) is 38.0 Å². The van der Waals surface area contributed by atoms with Gasteiger partial charge in [-0.15, -0.1) is 0 Å². The fraction of sp³-hybridized carbons (Fsp3) is 0.476. The molecule has 0 fully saturated rings. The minimum atomic E-state index is -1.33. The van der Waals surface area contributed by atoms with Crippen molar-refractivity contribution >= 4 is 17.8 Å². The second-order valence-corrected chi connectivity index (χ2v) is 7.72. The van der Waals surface area contributed by atoms with E-state index in [4.69, 9.17) is 4.42 Å². The predicted octanol–water partition coefficient (Wildman–Crippen LogP) is 1.18. The van der Waals surface area contributed by atoms with Gasteiger partial charge in [0, 0.05) is 12.1 Å². The topological polar surface area (TPSA) is 148 Å². The third kappa shape index (κ3) is 7.14. The number of aromatic nitrogens is 1. The maximum atomic E-state index is 12.5. The molecular weight excluding hydrogens is 404 g/mol. The lowest BCUT2D eigenvalue weighted by atomic mass is 9.99. The van der Waals surface area contributed by atoms with E-state index >= 15 is 0 Å². The molecule has 0 bridgehead atoms.